The molecule has 0 heterocycles. The molecule has 0 aromatic rings. The smallest absolute Gasteiger partial charge is 0.652 e. The summed E-state index contributed by atoms with van der Waals surface area (Å²) < 4.78 is 0. The molecule has 0 aromatic carbocycles. The van der Waals surface area contributed by atoms with Crippen LogP contribution >= 0.6 is 0 Å². The summed E-state index contributed by atoms with van der Waals surface area (Å²) in [6.45, 7) is 1.43. The second-order valence-electron chi connectivity index (χ2n) is 0.474. The van der Waals surface area contributed by atoms with E-state index < -0.39 is 6.16 Å². The maximum Gasteiger partial charge on any atom is 2.00 e. The fourth-order valence-electron chi connectivity index (χ4n) is 0. The summed E-state index contributed by atoms with van der Waals surface area (Å²) in [5.41, 5.74) is 0. The standard InChI is InChI=1S/C2H3N.CH2O3.Ca/c1-2-3;2-1(3)4;/h1H3;(H2,2,3,4);/q;;+2/p-2. The van der Waals surface area contributed by atoms with Gasteiger partial charge in [-0.2, -0.15) is 5.26 Å². The molecular formula is C3H3CaNO3. The first-order chi connectivity index (χ1) is 3.15. The monoisotopic (exact) mass is 141 g/mol. The van der Waals surface area contributed by atoms with E-state index in [-0.39, 0.29) is 37.7 Å². The second-order valence-corrected chi connectivity index (χ2v) is 0.474. The Bertz CT molecular complexity index is 83.0. The van der Waals surface area contributed by atoms with Crippen molar-refractivity contribution in [2.75, 3.05) is 0 Å². The van der Waals surface area contributed by atoms with Gasteiger partial charge in [-0.05, 0) is 6.16 Å². The van der Waals surface area contributed by atoms with Crippen LogP contribution in [0.15, 0.2) is 0 Å². The molecule has 0 N–H and O–H groups in total. The van der Waals surface area contributed by atoms with Gasteiger partial charge in [0.15, 0.2) is 0 Å². The molecule has 0 unspecified atom stereocenters. The molecule has 0 saturated heterocycles. The zero-order valence-electron chi connectivity index (χ0n) is 4.38. The summed E-state index contributed by atoms with van der Waals surface area (Å²) >= 11 is 0. The molecule has 0 spiro atoms. The average Bonchev–Trinajstić information content (AvgIpc) is 1.33. The van der Waals surface area contributed by atoms with Crippen LogP contribution in [0.2, 0.25) is 0 Å². The van der Waals surface area contributed by atoms with Crippen LogP contribution in [0.3, 0.4) is 0 Å². The number of rotatable bonds is 0. The van der Waals surface area contributed by atoms with Crippen molar-refractivity contribution in [2.45, 2.75) is 6.92 Å². The van der Waals surface area contributed by atoms with E-state index >= 15 is 0 Å². The number of hydrogen-bond acceptors (Lipinski definition) is 4. The zero-order chi connectivity index (χ0) is 6.28. The molecule has 0 fully saturated rings. The summed E-state index contributed by atoms with van der Waals surface area (Å²) in [6.07, 6.45) is -2.33. The number of carbonyl (C=O) groups excluding carboxylic acids is 1. The fourth-order valence-corrected chi connectivity index (χ4v) is 0. The van der Waals surface area contributed by atoms with Crippen molar-refractivity contribution in [3.63, 3.8) is 0 Å². The van der Waals surface area contributed by atoms with Crippen LogP contribution in [0, 0.1) is 11.3 Å². The molecule has 0 atom stereocenters. The molecular weight excluding hydrogens is 138 g/mol. The summed E-state index contributed by atoms with van der Waals surface area (Å²) in [5.74, 6) is 0. The Balaban J connectivity index is -0.0000000575. The van der Waals surface area contributed by atoms with Crippen molar-refractivity contribution in [1.29, 1.82) is 5.26 Å². The minimum absolute atomic E-state index is 0. The summed E-state index contributed by atoms with van der Waals surface area (Å²) in [7, 11) is 0. The van der Waals surface area contributed by atoms with E-state index in [1.54, 1.807) is 6.07 Å². The van der Waals surface area contributed by atoms with E-state index in [4.69, 9.17) is 20.3 Å². The van der Waals surface area contributed by atoms with Crippen LogP contribution in [0.1, 0.15) is 6.92 Å². The molecule has 0 aliphatic rings. The van der Waals surface area contributed by atoms with Crippen molar-refractivity contribution < 1.29 is 15.0 Å². The van der Waals surface area contributed by atoms with Gasteiger partial charge in [0.1, 0.15) is 0 Å². The number of nitrogens with zero attached hydrogens (tertiary/aromatic N) is 1. The van der Waals surface area contributed by atoms with Crippen LogP contribution in [0.25, 0.3) is 0 Å². The first kappa shape index (κ1) is 15.7. The van der Waals surface area contributed by atoms with Gasteiger partial charge in [0, 0.05) is 6.92 Å². The topological polar surface area (TPSA) is 87.0 Å². The molecule has 0 aromatic heterocycles. The zero-order valence-corrected chi connectivity index (χ0v) is 6.59. The van der Waals surface area contributed by atoms with Crippen LogP contribution in [0.4, 0.5) is 4.79 Å². The molecule has 0 saturated carbocycles. The SMILES string of the molecule is CC#N.O=C([O-])[O-].[Ca+2]. The second kappa shape index (κ2) is 15.7. The van der Waals surface area contributed by atoms with E-state index in [0.717, 1.165) is 0 Å². The summed E-state index contributed by atoms with van der Waals surface area (Å²) in [4.78, 5) is 8.33. The third kappa shape index (κ3) is 389000. The molecule has 5 heteroatoms. The minimum Gasteiger partial charge on any atom is -0.652 e. The van der Waals surface area contributed by atoms with E-state index in [1.807, 2.05) is 0 Å². The van der Waals surface area contributed by atoms with Gasteiger partial charge in [-0.3, -0.25) is 0 Å². The van der Waals surface area contributed by atoms with Crippen molar-refractivity contribution in [3.05, 3.63) is 0 Å². The maximum atomic E-state index is 8.33. The van der Waals surface area contributed by atoms with Gasteiger partial charge in [-0.25, -0.2) is 0 Å². The number of carbonyl (C=O) groups is 1. The average molecular weight is 141 g/mol. The summed E-state index contributed by atoms with van der Waals surface area (Å²) in [5, 5.41) is 24.0. The maximum absolute atomic E-state index is 8.33. The first-order valence-corrected chi connectivity index (χ1v) is 1.34. The number of nitriles is 1. The van der Waals surface area contributed by atoms with Crippen LogP contribution in [-0.4, -0.2) is 43.9 Å². The van der Waals surface area contributed by atoms with E-state index in [1.165, 1.54) is 6.92 Å². The molecule has 4 nitrogen and oxygen atoms in total. The fraction of sp³-hybridized carbons (Fsp3) is 0.333. The van der Waals surface area contributed by atoms with Crippen LogP contribution < -0.4 is 10.2 Å². The van der Waals surface area contributed by atoms with Gasteiger partial charge >= 0.3 is 37.7 Å². The van der Waals surface area contributed by atoms with Crippen molar-refractivity contribution in [1.82, 2.24) is 0 Å². The van der Waals surface area contributed by atoms with Gasteiger partial charge in [0.05, 0.1) is 6.07 Å². The van der Waals surface area contributed by atoms with Gasteiger partial charge in [0.25, 0.3) is 0 Å². The predicted molar refractivity (Wildman–Crippen MR) is 22.4 cm³/mol. The molecule has 0 aliphatic heterocycles. The van der Waals surface area contributed by atoms with Crippen molar-refractivity contribution in [3.8, 4) is 6.07 Å². The minimum atomic E-state index is -2.33. The molecule has 0 bridgehead atoms. The van der Waals surface area contributed by atoms with Crippen molar-refractivity contribution in [2.24, 2.45) is 0 Å². The van der Waals surface area contributed by atoms with E-state index in [2.05, 4.69) is 0 Å². The van der Waals surface area contributed by atoms with Crippen molar-refractivity contribution >= 4 is 43.9 Å². The van der Waals surface area contributed by atoms with E-state index in [9.17, 15) is 0 Å². The molecule has 0 rings (SSSR count). The Labute approximate surface area is 76.7 Å². The van der Waals surface area contributed by atoms with Gasteiger partial charge < -0.3 is 15.0 Å². The third-order valence-corrected chi connectivity index (χ3v) is 0. The molecule has 8 heavy (non-hydrogen) atoms. The summed E-state index contributed by atoms with van der Waals surface area (Å²) in [6, 6.07) is 1.75. The largest absolute Gasteiger partial charge is 2.00 e. The van der Waals surface area contributed by atoms with E-state index in [0.29, 0.717) is 0 Å². The Kier molecular flexibility index (Phi) is 30.9. The number of hydrogen-bond donors (Lipinski definition) is 0. The van der Waals surface area contributed by atoms with Gasteiger partial charge in [0.2, 0.25) is 0 Å². The Morgan fingerprint density at radius 2 is 1.62 bits per heavy atom. The third-order valence-electron chi connectivity index (χ3n) is 0. The molecule has 40 valence electrons. The van der Waals surface area contributed by atoms with Gasteiger partial charge in [-0.15, -0.1) is 0 Å². The van der Waals surface area contributed by atoms with Crippen LogP contribution in [-0.2, 0) is 0 Å². The van der Waals surface area contributed by atoms with Crippen LogP contribution in [0.5, 0.6) is 0 Å². The normalized spacial score (nSPS) is 4.00. The Morgan fingerprint density at radius 1 is 1.62 bits per heavy atom. The Morgan fingerprint density at radius 3 is 1.62 bits per heavy atom. The molecule has 0 amide bonds. The number of carboxylic acid groups (broad SMARTS) is 2. The predicted octanol–water partition coefficient (Wildman–Crippen LogP) is -2.30. The Hall–Kier alpha value is 0.0197. The molecule has 0 radical (unpaired) electrons. The van der Waals surface area contributed by atoms with Gasteiger partial charge in [-0.1, -0.05) is 0 Å². The quantitative estimate of drug-likeness (QED) is 0.355. The molecule has 0 aliphatic carbocycles. The first-order valence-electron chi connectivity index (χ1n) is 1.34.